The molecule has 7 heteroatoms. The minimum absolute atomic E-state index is 0.00662. The molecular weight excluding hydrogens is 318 g/mol. The quantitative estimate of drug-likeness (QED) is 0.894. The van der Waals surface area contributed by atoms with Crippen LogP contribution < -0.4 is 19.7 Å². The van der Waals surface area contributed by atoms with Crippen LogP contribution in [0, 0.1) is 0 Å². The molecule has 1 N–H and O–H groups in total. The lowest BCUT2D eigenvalue weighted by molar-refractivity contribution is 0.194. The van der Waals surface area contributed by atoms with Gasteiger partial charge in [0.05, 0.1) is 24.9 Å². The van der Waals surface area contributed by atoms with Crippen molar-refractivity contribution in [1.29, 1.82) is 0 Å². The van der Waals surface area contributed by atoms with Gasteiger partial charge in [0.15, 0.2) is 0 Å². The highest BCUT2D eigenvalue weighted by molar-refractivity contribution is 6.32. The van der Waals surface area contributed by atoms with E-state index in [0.29, 0.717) is 36.2 Å². The summed E-state index contributed by atoms with van der Waals surface area (Å²) in [6.07, 6.45) is 0.938. The van der Waals surface area contributed by atoms with Gasteiger partial charge in [0.2, 0.25) is 0 Å². The minimum Gasteiger partial charge on any atom is -0.495 e. The van der Waals surface area contributed by atoms with E-state index in [1.54, 1.807) is 20.3 Å². The maximum atomic E-state index is 12.0. The zero-order valence-electron chi connectivity index (χ0n) is 13.9. The first-order valence-corrected chi connectivity index (χ1v) is 8.17. The molecule has 1 fully saturated rings. The zero-order valence-corrected chi connectivity index (χ0v) is 14.7. The van der Waals surface area contributed by atoms with Gasteiger partial charge in [-0.3, -0.25) is 0 Å². The highest BCUT2D eigenvalue weighted by Gasteiger charge is 2.23. The molecule has 0 atom stereocenters. The second-order valence-corrected chi connectivity index (χ2v) is 5.77. The van der Waals surface area contributed by atoms with Crippen LogP contribution in [0.3, 0.4) is 0 Å². The Bertz CT molecular complexity index is 546. The Morgan fingerprint density at radius 2 is 1.83 bits per heavy atom. The Hall–Kier alpha value is -1.82. The monoisotopic (exact) mass is 341 g/mol. The molecule has 0 bridgehead atoms. The van der Waals surface area contributed by atoms with Gasteiger partial charge in [-0.1, -0.05) is 18.5 Å². The molecule has 128 valence electrons. The molecule has 0 radical (unpaired) electrons. The van der Waals surface area contributed by atoms with Gasteiger partial charge in [-0.05, 0) is 6.42 Å². The van der Waals surface area contributed by atoms with Crippen molar-refractivity contribution >= 4 is 23.3 Å². The fraction of sp³-hybridized carbons (Fsp3) is 0.562. The lowest BCUT2D eigenvalue weighted by atomic mass is 10.2. The maximum Gasteiger partial charge on any atom is 0.317 e. The number of carbonyl (C=O) groups is 1. The molecule has 0 spiro atoms. The lowest BCUT2D eigenvalue weighted by Crippen LogP contribution is -2.52. The van der Waals surface area contributed by atoms with Crippen molar-refractivity contribution in [2.24, 2.45) is 0 Å². The summed E-state index contributed by atoms with van der Waals surface area (Å²) in [6, 6.07) is 3.65. The fourth-order valence-corrected chi connectivity index (χ4v) is 2.82. The van der Waals surface area contributed by atoms with Crippen LogP contribution in [0.1, 0.15) is 13.3 Å². The van der Waals surface area contributed by atoms with Gasteiger partial charge in [0.25, 0.3) is 0 Å². The molecule has 1 aliphatic heterocycles. The molecule has 1 saturated heterocycles. The number of ether oxygens (including phenoxy) is 2. The van der Waals surface area contributed by atoms with E-state index in [-0.39, 0.29) is 6.03 Å². The summed E-state index contributed by atoms with van der Waals surface area (Å²) >= 11 is 6.15. The normalized spacial score (nSPS) is 14.6. The molecular formula is C16H24ClN3O3. The molecule has 1 heterocycles. The summed E-state index contributed by atoms with van der Waals surface area (Å²) in [5.41, 5.74) is 0.933. The third kappa shape index (κ3) is 4.13. The van der Waals surface area contributed by atoms with Gasteiger partial charge in [-0.25, -0.2) is 4.79 Å². The summed E-state index contributed by atoms with van der Waals surface area (Å²) in [6.45, 7) is 5.56. The van der Waals surface area contributed by atoms with Gasteiger partial charge in [0.1, 0.15) is 11.5 Å². The molecule has 0 aliphatic carbocycles. The van der Waals surface area contributed by atoms with Gasteiger partial charge in [0, 0.05) is 44.9 Å². The molecule has 2 amide bonds. The van der Waals surface area contributed by atoms with Crippen molar-refractivity contribution in [3.8, 4) is 11.5 Å². The van der Waals surface area contributed by atoms with Crippen molar-refractivity contribution in [3.63, 3.8) is 0 Å². The Morgan fingerprint density at radius 1 is 1.17 bits per heavy atom. The van der Waals surface area contributed by atoms with Crippen molar-refractivity contribution in [2.75, 3.05) is 51.8 Å². The number of methoxy groups -OCH3 is 2. The summed E-state index contributed by atoms with van der Waals surface area (Å²) in [5.74, 6) is 1.32. The van der Waals surface area contributed by atoms with Crippen molar-refractivity contribution in [2.45, 2.75) is 13.3 Å². The highest BCUT2D eigenvalue weighted by Crippen LogP contribution is 2.38. The van der Waals surface area contributed by atoms with E-state index in [0.717, 1.165) is 25.2 Å². The number of anilines is 1. The average molecular weight is 342 g/mol. The zero-order chi connectivity index (χ0) is 16.8. The summed E-state index contributed by atoms with van der Waals surface area (Å²) in [7, 11) is 3.21. The van der Waals surface area contributed by atoms with Crippen LogP contribution in [-0.2, 0) is 0 Å². The van der Waals surface area contributed by atoms with Crippen LogP contribution in [0.15, 0.2) is 12.1 Å². The van der Waals surface area contributed by atoms with E-state index in [1.807, 2.05) is 17.9 Å². The molecule has 2 rings (SSSR count). The first-order valence-electron chi connectivity index (χ1n) is 7.80. The topological polar surface area (TPSA) is 54.0 Å². The number of hydrogen-bond acceptors (Lipinski definition) is 4. The average Bonchev–Trinajstić information content (AvgIpc) is 2.59. The number of nitrogens with one attached hydrogen (secondary N) is 1. The highest BCUT2D eigenvalue weighted by atomic mass is 35.5. The fourth-order valence-electron chi connectivity index (χ4n) is 2.59. The third-order valence-electron chi connectivity index (χ3n) is 3.89. The van der Waals surface area contributed by atoms with Gasteiger partial charge >= 0.3 is 6.03 Å². The number of urea groups is 1. The molecule has 1 aromatic carbocycles. The summed E-state index contributed by atoms with van der Waals surface area (Å²) in [4.78, 5) is 16.0. The van der Waals surface area contributed by atoms with Crippen LogP contribution in [0.4, 0.5) is 10.5 Å². The van der Waals surface area contributed by atoms with Crippen LogP contribution in [0.5, 0.6) is 11.5 Å². The number of hydrogen-bond donors (Lipinski definition) is 1. The van der Waals surface area contributed by atoms with Crippen molar-refractivity contribution in [1.82, 2.24) is 10.2 Å². The van der Waals surface area contributed by atoms with Crippen LogP contribution in [0.25, 0.3) is 0 Å². The molecule has 23 heavy (non-hydrogen) atoms. The Balaban J connectivity index is 2.06. The molecule has 1 aromatic rings. The van der Waals surface area contributed by atoms with Crippen LogP contribution in [0.2, 0.25) is 5.02 Å². The van der Waals surface area contributed by atoms with E-state index in [9.17, 15) is 4.79 Å². The van der Waals surface area contributed by atoms with Gasteiger partial charge in [-0.2, -0.15) is 0 Å². The number of nitrogens with zero attached hydrogens (tertiary/aromatic N) is 2. The van der Waals surface area contributed by atoms with E-state index in [1.165, 1.54) is 0 Å². The predicted molar refractivity (Wildman–Crippen MR) is 92.0 cm³/mol. The number of rotatable bonds is 5. The Labute approximate surface area is 142 Å². The smallest absolute Gasteiger partial charge is 0.317 e. The SMILES string of the molecule is CCCNC(=O)N1CCN(c2cc(OC)c(Cl)cc2OC)CC1. The second-order valence-electron chi connectivity index (χ2n) is 5.36. The molecule has 0 aromatic heterocycles. The third-order valence-corrected chi connectivity index (χ3v) is 4.18. The maximum absolute atomic E-state index is 12.0. The van der Waals surface area contributed by atoms with Gasteiger partial charge < -0.3 is 24.6 Å². The standard InChI is InChI=1S/C16H24ClN3O3/c1-4-5-18-16(21)20-8-6-19(7-9-20)13-11-14(22-2)12(17)10-15(13)23-3/h10-11H,4-9H2,1-3H3,(H,18,21). The largest absolute Gasteiger partial charge is 0.495 e. The van der Waals surface area contributed by atoms with E-state index in [4.69, 9.17) is 21.1 Å². The Kier molecular flexibility index (Phi) is 6.21. The lowest BCUT2D eigenvalue weighted by Gasteiger charge is -2.36. The first kappa shape index (κ1) is 17.5. The molecule has 0 saturated carbocycles. The summed E-state index contributed by atoms with van der Waals surface area (Å²) in [5, 5.41) is 3.43. The van der Waals surface area contributed by atoms with Crippen molar-refractivity contribution < 1.29 is 14.3 Å². The predicted octanol–water partition coefficient (Wildman–Crippen LogP) is 2.60. The van der Waals surface area contributed by atoms with Gasteiger partial charge in [-0.15, -0.1) is 0 Å². The molecule has 0 unspecified atom stereocenters. The molecule has 1 aliphatic rings. The molecule has 6 nitrogen and oxygen atoms in total. The van der Waals surface area contributed by atoms with E-state index in [2.05, 4.69) is 10.2 Å². The van der Waals surface area contributed by atoms with Crippen LogP contribution in [-0.4, -0.2) is 57.9 Å². The minimum atomic E-state index is 0.00662. The summed E-state index contributed by atoms with van der Waals surface area (Å²) < 4.78 is 10.7. The first-order chi connectivity index (χ1) is 11.1. The number of amides is 2. The van der Waals surface area contributed by atoms with Crippen molar-refractivity contribution in [3.05, 3.63) is 17.2 Å². The number of piperazine rings is 1. The number of carbonyl (C=O) groups excluding carboxylic acids is 1. The van der Waals surface area contributed by atoms with Crippen LogP contribution >= 0.6 is 11.6 Å². The number of halogens is 1. The Morgan fingerprint density at radius 3 is 2.39 bits per heavy atom. The number of benzene rings is 1. The second kappa shape index (κ2) is 8.15. The van der Waals surface area contributed by atoms with E-state index >= 15 is 0 Å². The van der Waals surface area contributed by atoms with E-state index < -0.39 is 0 Å².